The number of hydrogen-bond donors (Lipinski definition) is 2. The first-order valence-electron chi connectivity index (χ1n) is 7.87. The molecule has 1 amide bonds. The Bertz CT molecular complexity index is 701. The zero-order chi connectivity index (χ0) is 17.7. The van der Waals surface area contributed by atoms with Crippen LogP contribution in [-0.2, 0) is 4.79 Å². The topological polar surface area (TPSA) is 50.4 Å². The van der Waals surface area contributed by atoms with Gasteiger partial charge in [0.05, 0.1) is 18.8 Å². The highest BCUT2D eigenvalue weighted by atomic mass is 79.9. The molecular weight excluding hydrogens is 368 g/mol. The van der Waals surface area contributed by atoms with E-state index in [2.05, 4.69) is 26.6 Å². The molecule has 0 bridgehead atoms. The minimum Gasteiger partial charge on any atom is -0.495 e. The van der Waals surface area contributed by atoms with E-state index in [1.807, 2.05) is 63.2 Å². The molecule has 0 aliphatic carbocycles. The molecule has 0 radical (unpaired) electrons. The zero-order valence-electron chi connectivity index (χ0n) is 14.4. The van der Waals surface area contributed by atoms with Crippen LogP contribution in [0.5, 0.6) is 5.75 Å². The number of carbonyl (C=O) groups excluding carboxylic acids is 1. The van der Waals surface area contributed by atoms with E-state index >= 15 is 0 Å². The summed E-state index contributed by atoms with van der Waals surface area (Å²) >= 11 is 3.43. The number of halogens is 1. The second-order valence-corrected chi connectivity index (χ2v) is 6.77. The van der Waals surface area contributed by atoms with E-state index in [0.29, 0.717) is 11.4 Å². The van der Waals surface area contributed by atoms with Gasteiger partial charge in [-0.05, 0) is 56.2 Å². The first-order chi connectivity index (χ1) is 11.4. The number of methoxy groups -OCH3 is 1. The lowest BCUT2D eigenvalue weighted by molar-refractivity contribution is -0.117. The van der Waals surface area contributed by atoms with Crippen molar-refractivity contribution in [1.29, 1.82) is 0 Å². The summed E-state index contributed by atoms with van der Waals surface area (Å²) in [6.45, 7) is 5.87. The maximum Gasteiger partial charge on any atom is 0.241 e. The van der Waals surface area contributed by atoms with Crippen molar-refractivity contribution in [3.8, 4) is 5.75 Å². The van der Waals surface area contributed by atoms with Gasteiger partial charge in [-0.2, -0.15) is 0 Å². The third-order valence-electron chi connectivity index (χ3n) is 3.88. The smallest absolute Gasteiger partial charge is 0.241 e. The van der Waals surface area contributed by atoms with Gasteiger partial charge in [-0.25, -0.2) is 0 Å². The van der Waals surface area contributed by atoms with Gasteiger partial charge in [-0.1, -0.05) is 34.1 Å². The van der Waals surface area contributed by atoms with Gasteiger partial charge in [0.2, 0.25) is 5.91 Å². The molecule has 4 nitrogen and oxygen atoms in total. The predicted molar refractivity (Wildman–Crippen MR) is 102 cm³/mol. The van der Waals surface area contributed by atoms with Crippen LogP contribution in [0.2, 0.25) is 0 Å². The molecule has 0 aliphatic rings. The lowest BCUT2D eigenvalue weighted by atomic mass is 10.1. The monoisotopic (exact) mass is 390 g/mol. The molecule has 2 aromatic rings. The summed E-state index contributed by atoms with van der Waals surface area (Å²) in [6.07, 6.45) is 0. The SMILES string of the molecule is COc1ccc(C)cc1NC(=O)C(C)NC(C)c1ccc(Br)cc1. The molecule has 2 aromatic carbocycles. The Hall–Kier alpha value is -1.85. The minimum absolute atomic E-state index is 0.0678. The molecule has 0 fully saturated rings. The molecule has 0 heterocycles. The van der Waals surface area contributed by atoms with Gasteiger partial charge >= 0.3 is 0 Å². The highest BCUT2D eigenvalue weighted by molar-refractivity contribution is 9.10. The van der Waals surface area contributed by atoms with Gasteiger partial charge in [0.15, 0.2) is 0 Å². The molecule has 2 N–H and O–H groups in total. The quantitative estimate of drug-likeness (QED) is 0.765. The summed E-state index contributed by atoms with van der Waals surface area (Å²) in [5.41, 5.74) is 2.88. The Kier molecular flexibility index (Phi) is 6.40. The first kappa shape index (κ1) is 18.5. The summed E-state index contributed by atoms with van der Waals surface area (Å²) in [4.78, 5) is 12.5. The third kappa shape index (κ3) is 4.82. The standard InChI is InChI=1S/C19H23BrN2O2/c1-12-5-10-18(24-4)17(11-12)22-19(23)14(3)21-13(2)15-6-8-16(20)9-7-15/h5-11,13-14,21H,1-4H3,(H,22,23). The number of ether oxygens (including phenoxy) is 1. The number of rotatable bonds is 6. The summed E-state index contributed by atoms with van der Waals surface area (Å²) in [5, 5.41) is 6.25. The number of anilines is 1. The Morgan fingerprint density at radius 1 is 1.12 bits per heavy atom. The van der Waals surface area contributed by atoms with Crippen LogP contribution in [0.1, 0.15) is 31.0 Å². The van der Waals surface area contributed by atoms with Crippen molar-refractivity contribution in [2.45, 2.75) is 32.9 Å². The van der Waals surface area contributed by atoms with E-state index in [4.69, 9.17) is 4.74 Å². The average Bonchev–Trinajstić information content (AvgIpc) is 2.55. The summed E-state index contributed by atoms with van der Waals surface area (Å²) < 4.78 is 6.34. The fourth-order valence-corrected chi connectivity index (χ4v) is 2.72. The van der Waals surface area contributed by atoms with Gasteiger partial charge < -0.3 is 10.1 Å². The molecule has 0 saturated heterocycles. The number of carbonyl (C=O) groups is 1. The molecule has 0 spiro atoms. The molecule has 0 saturated carbocycles. The van der Waals surface area contributed by atoms with Crippen LogP contribution in [0.4, 0.5) is 5.69 Å². The van der Waals surface area contributed by atoms with Gasteiger partial charge in [-0.3, -0.25) is 10.1 Å². The van der Waals surface area contributed by atoms with Gasteiger partial charge in [-0.15, -0.1) is 0 Å². The average molecular weight is 391 g/mol. The highest BCUT2D eigenvalue weighted by Crippen LogP contribution is 2.25. The maximum absolute atomic E-state index is 12.5. The highest BCUT2D eigenvalue weighted by Gasteiger charge is 2.17. The fraction of sp³-hybridized carbons (Fsp3) is 0.316. The number of benzene rings is 2. The van der Waals surface area contributed by atoms with E-state index in [0.717, 1.165) is 15.6 Å². The summed E-state index contributed by atoms with van der Waals surface area (Å²) in [6, 6.07) is 13.5. The Morgan fingerprint density at radius 2 is 1.79 bits per heavy atom. The zero-order valence-corrected chi connectivity index (χ0v) is 16.0. The molecule has 128 valence electrons. The van der Waals surface area contributed by atoms with Gasteiger partial charge in [0.25, 0.3) is 0 Å². The molecule has 2 unspecified atom stereocenters. The number of hydrogen-bond acceptors (Lipinski definition) is 3. The third-order valence-corrected chi connectivity index (χ3v) is 4.40. The van der Waals surface area contributed by atoms with Crippen molar-refractivity contribution < 1.29 is 9.53 Å². The van der Waals surface area contributed by atoms with Crippen molar-refractivity contribution in [3.05, 3.63) is 58.1 Å². The predicted octanol–water partition coefficient (Wildman–Crippen LogP) is 4.44. The second kappa shape index (κ2) is 8.31. The Morgan fingerprint density at radius 3 is 2.42 bits per heavy atom. The molecule has 0 aromatic heterocycles. The summed E-state index contributed by atoms with van der Waals surface area (Å²) in [5.74, 6) is 0.560. The van der Waals surface area contributed by atoms with E-state index in [9.17, 15) is 4.79 Å². The number of aryl methyl sites for hydroxylation is 1. The molecule has 2 atom stereocenters. The largest absolute Gasteiger partial charge is 0.495 e. The normalized spacial score (nSPS) is 13.2. The van der Waals surface area contributed by atoms with Crippen molar-refractivity contribution in [2.24, 2.45) is 0 Å². The number of nitrogens with one attached hydrogen (secondary N) is 2. The van der Waals surface area contributed by atoms with Crippen LogP contribution < -0.4 is 15.4 Å². The van der Waals surface area contributed by atoms with Crippen LogP contribution in [0, 0.1) is 6.92 Å². The van der Waals surface area contributed by atoms with Crippen molar-refractivity contribution in [3.63, 3.8) is 0 Å². The van der Waals surface area contributed by atoms with Crippen molar-refractivity contribution >= 4 is 27.5 Å². The van der Waals surface area contributed by atoms with Crippen LogP contribution in [0.15, 0.2) is 46.9 Å². The summed E-state index contributed by atoms with van der Waals surface area (Å²) in [7, 11) is 1.59. The van der Waals surface area contributed by atoms with Crippen LogP contribution in [0.3, 0.4) is 0 Å². The molecule has 2 rings (SSSR count). The number of amides is 1. The van der Waals surface area contributed by atoms with Crippen LogP contribution in [-0.4, -0.2) is 19.1 Å². The van der Waals surface area contributed by atoms with E-state index in [1.165, 1.54) is 0 Å². The first-order valence-corrected chi connectivity index (χ1v) is 8.67. The van der Waals surface area contributed by atoms with Gasteiger partial charge in [0.1, 0.15) is 5.75 Å². The molecular formula is C19H23BrN2O2. The Balaban J connectivity index is 2.02. The van der Waals surface area contributed by atoms with E-state index in [-0.39, 0.29) is 18.0 Å². The molecule has 0 aliphatic heterocycles. The fourth-order valence-electron chi connectivity index (χ4n) is 2.46. The minimum atomic E-state index is -0.339. The molecule has 24 heavy (non-hydrogen) atoms. The maximum atomic E-state index is 12.5. The Labute approximate surface area is 151 Å². The van der Waals surface area contributed by atoms with E-state index < -0.39 is 0 Å². The molecule has 5 heteroatoms. The lowest BCUT2D eigenvalue weighted by Gasteiger charge is -2.21. The van der Waals surface area contributed by atoms with Crippen LogP contribution >= 0.6 is 15.9 Å². The van der Waals surface area contributed by atoms with Gasteiger partial charge in [0, 0.05) is 10.5 Å². The van der Waals surface area contributed by atoms with Crippen molar-refractivity contribution in [2.75, 3.05) is 12.4 Å². The van der Waals surface area contributed by atoms with Crippen LogP contribution in [0.25, 0.3) is 0 Å². The van der Waals surface area contributed by atoms with E-state index in [1.54, 1.807) is 7.11 Å². The lowest BCUT2D eigenvalue weighted by Crippen LogP contribution is -2.39. The second-order valence-electron chi connectivity index (χ2n) is 5.85. The van der Waals surface area contributed by atoms with Crippen molar-refractivity contribution in [1.82, 2.24) is 5.32 Å².